The second kappa shape index (κ2) is 10.8. The van der Waals surface area contributed by atoms with Gasteiger partial charge in [-0.1, -0.05) is 147 Å². The van der Waals surface area contributed by atoms with Crippen LogP contribution < -0.4 is 0 Å². The van der Waals surface area contributed by atoms with Crippen LogP contribution in [0.15, 0.2) is 152 Å². The van der Waals surface area contributed by atoms with E-state index in [-0.39, 0.29) is 5.41 Å². The van der Waals surface area contributed by atoms with Crippen LogP contribution >= 0.6 is 0 Å². The second-order valence-electron chi connectivity index (χ2n) is 12.1. The Morgan fingerprint density at radius 3 is 1.44 bits per heavy atom. The largest absolute Gasteiger partial charge is 0.208 e. The predicted octanol–water partition coefficient (Wildman–Crippen LogP) is 10.5. The monoisotopic (exact) mass is 577 g/mol. The predicted molar refractivity (Wildman–Crippen MR) is 185 cm³/mol. The third kappa shape index (κ3) is 4.83. The maximum absolute atomic E-state index is 5.09. The average Bonchev–Trinajstić information content (AvgIpc) is 3.34. The molecular weight excluding hydrogens is 546 g/mol. The smallest absolute Gasteiger partial charge is 0.164 e. The maximum Gasteiger partial charge on any atom is 0.164 e. The van der Waals surface area contributed by atoms with Crippen LogP contribution in [0, 0.1) is 0 Å². The number of nitrogens with zero attached hydrogens (tertiary/aromatic N) is 3. The van der Waals surface area contributed by atoms with Crippen LogP contribution in [0.3, 0.4) is 0 Å². The molecule has 0 spiro atoms. The van der Waals surface area contributed by atoms with Gasteiger partial charge in [0.05, 0.1) is 0 Å². The third-order valence-corrected chi connectivity index (χ3v) is 8.93. The first-order chi connectivity index (χ1) is 22.0. The number of aromatic nitrogens is 3. The molecule has 3 heteroatoms. The minimum absolute atomic E-state index is 0.0534. The summed E-state index contributed by atoms with van der Waals surface area (Å²) in [5.74, 6) is 1.98. The molecule has 7 aromatic rings. The molecule has 0 radical (unpaired) electrons. The number of fused-ring (bicyclic) bond motifs is 3. The highest BCUT2D eigenvalue weighted by atomic mass is 15.0. The molecule has 0 unspecified atom stereocenters. The topological polar surface area (TPSA) is 38.7 Å². The van der Waals surface area contributed by atoms with Gasteiger partial charge in [0.25, 0.3) is 0 Å². The fourth-order valence-corrected chi connectivity index (χ4v) is 6.56. The zero-order chi connectivity index (χ0) is 30.4. The van der Waals surface area contributed by atoms with E-state index in [1.54, 1.807) is 0 Å². The van der Waals surface area contributed by atoms with Gasteiger partial charge in [-0.25, -0.2) is 15.0 Å². The molecule has 0 bridgehead atoms. The summed E-state index contributed by atoms with van der Waals surface area (Å²) in [6.45, 7) is 4.60. The molecule has 0 aliphatic heterocycles. The molecule has 8 rings (SSSR count). The van der Waals surface area contributed by atoms with E-state index >= 15 is 0 Å². The fourth-order valence-electron chi connectivity index (χ4n) is 6.56. The SMILES string of the molecule is CC1(C)c2ccccc2-c2cc(-c3nc(-c4ccccc4)nc(-c4cccc(-c5cccc(-c6ccccc6)c5)c4)n3)ccc21. The van der Waals surface area contributed by atoms with Crippen LogP contribution in [0.25, 0.3) is 67.5 Å². The summed E-state index contributed by atoms with van der Waals surface area (Å²) in [6.07, 6.45) is 0. The first-order valence-electron chi connectivity index (χ1n) is 15.4. The van der Waals surface area contributed by atoms with Gasteiger partial charge in [-0.05, 0) is 62.7 Å². The number of hydrogen-bond acceptors (Lipinski definition) is 3. The standard InChI is InChI=1S/C42H31N3/c1-42(2)37-22-10-9-21-35(37)36-27-34(23-24-38(36)42)41-44-39(29-15-7-4-8-16-29)43-40(45-41)33-20-12-19-32(26-33)31-18-11-17-30(25-31)28-13-5-3-6-14-28/h3-27H,1-2H3. The Hall–Kier alpha value is -5.67. The lowest BCUT2D eigenvalue weighted by Crippen LogP contribution is -2.14. The first kappa shape index (κ1) is 26.9. The van der Waals surface area contributed by atoms with Gasteiger partial charge in [0.15, 0.2) is 17.5 Å². The van der Waals surface area contributed by atoms with Crippen molar-refractivity contribution < 1.29 is 0 Å². The van der Waals surface area contributed by atoms with Crippen molar-refractivity contribution >= 4 is 0 Å². The van der Waals surface area contributed by atoms with E-state index in [1.165, 1.54) is 33.4 Å². The molecule has 6 aromatic carbocycles. The Balaban J connectivity index is 1.25. The number of hydrogen-bond donors (Lipinski definition) is 0. The lowest BCUT2D eigenvalue weighted by molar-refractivity contribution is 0.660. The Labute approximate surface area is 264 Å². The molecule has 0 amide bonds. The van der Waals surface area contributed by atoms with Gasteiger partial charge in [-0.15, -0.1) is 0 Å². The third-order valence-electron chi connectivity index (χ3n) is 8.93. The number of rotatable bonds is 5. The van der Waals surface area contributed by atoms with Crippen LogP contribution in [0.4, 0.5) is 0 Å². The van der Waals surface area contributed by atoms with Crippen LogP contribution in [-0.4, -0.2) is 15.0 Å². The normalized spacial score (nSPS) is 12.8. The van der Waals surface area contributed by atoms with Crippen molar-refractivity contribution in [2.24, 2.45) is 0 Å². The van der Waals surface area contributed by atoms with Crippen molar-refractivity contribution in [2.75, 3.05) is 0 Å². The molecule has 0 fully saturated rings. The van der Waals surface area contributed by atoms with Gasteiger partial charge >= 0.3 is 0 Å². The lowest BCUT2D eigenvalue weighted by Gasteiger charge is -2.21. The van der Waals surface area contributed by atoms with E-state index in [1.807, 2.05) is 24.3 Å². The van der Waals surface area contributed by atoms with Crippen molar-refractivity contribution in [3.63, 3.8) is 0 Å². The summed E-state index contributed by atoms with van der Waals surface area (Å²) in [4.78, 5) is 15.1. The van der Waals surface area contributed by atoms with Gasteiger partial charge in [-0.2, -0.15) is 0 Å². The molecule has 1 aliphatic rings. The highest BCUT2D eigenvalue weighted by Crippen LogP contribution is 2.49. The zero-order valence-electron chi connectivity index (χ0n) is 25.3. The molecule has 3 nitrogen and oxygen atoms in total. The summed E-state index contributed by atoms with van der Waals surface area (Å²) >= 11 is 0. The second-order valence-corrected chi connectivity index (χ2v) is 12.1. The Morgan fingerprint density at radius 2 is 0.778 bits per heavy atom. The van der Waals surface area contributed by atoms with Crippen LogP contribution in [0.5, 0.6) is 0 Å². The van der Waals surface area contributed by atoms with E-state index in [0.717, 1.165) is 27.8 Å². The molecule has 1 heterocycles. The molecule has 1 aliphatic carbocycles. The average molecular weight is 578 g/mol. The van der Waals surface area contributed by atoms with Crippen molar-refractivity contribution in [1.29, 1.82) is 0 Å². The molecule has 0 N–H and O–H groups in total. The quantitative estimate of drug-likeness (QED) is 0.204. The minimum Gasteiger partial charge on any atom is -0.208 e. The van der Waals surface area contributed by atoms with Crippen LogP contribution in [0.2, 0.25) is 0 Å². The van der Waals surface area contributed by atoms with E-state index in [9.17, 15) is 0 Å². The van der Waals surface area contributed by atoms with Gasteiger partial charge in [0.1, 0.15) is 0 Å². The van der Waals surface area contributed by atoms with E-state index < -0.39 is 0 Å². The number of benzene rings is 6. The minimum atomic E-state index is -0.0534. The van der Waals surface area contributed by atoms with Gasteiger partial charge < -0.3 is 0 Å². The Bertz CT molecular complexity index is 2180. The first-order valence-corrected chi connectivity index (χ1v) is 15.4. The molecule has 1 aromatic heterocycles. The van der Waals surface area contributed by atoms with Gasteiger partial charge in [0, 0.05) is 22.1 Å². The highest BCUT2D eigenvalue weighted by Gasteiger charge is 2.35. The van der Waals surface area contributed by atoms with Gasteiger partial charge in [0.2, 0.25) is 0 Å². The summed E-state index contributed by atoms with van der Waals surface area (Å²) in [6, 6.07) is 53.2. The fraction of sp³-hybridized carbons (Fsp3) is 0.0714. The molecule has 0 saturated carbocycles. The highest BCUT2D eigenvalue weighted by molar-refractivity contribution is 5.84. The molecule has 214 valence electrons. The van der Waals surface area contributed by atoms with Crippen molar-refractivity contribution in [3.8, 4) is 67.5 Å². The van der Waals surface area contributed by atoms with Crippen molar-refractivity contribution in [1.82, 2.24) is 15.0 Å². The Kier molecular flexibility index (Phi) is 6.46. The van der Waals surface area contributed by atoms with E-state index in [4.69, 9.17) is 15.0 Å². The zero-order valence-corrected chi connectivity index (χ0v) is 25.3. The van der Waals surface area contributed by atoms with Crippen LogP contribution in [0.1, 0.15) is 25.0 Å². The van der Waals surface area contributed by atoms with Crippen LogP contribution in [-0.2, 0) is 5.41 Å². The molecular formula is C42H31N3. The van der Waals surface area contributed by atoms with E-state index in [0.29, 0.717) is 17.5 Å². The molecule has 45 heavy (non-hydrogen) atoms. The maximum atomic E-state index is 5.09. The molecule has 0 atom stereocenters. The Morgan fingerprint density at radius 1 is 0.333 bits per heavy atom. The van der Waals surface area contributed by atoms with Gasteiger partial charge in [-0.3, -0.25) is 0 Å². The van der Waals surface area contributed by atoms with Crippen molar-refractivity contribution in [3.05, 3.63) is 163 Å². The molecule has 0 saturated heterocycles. The summed E-state index contributed by atoms with van der Waals surface area (Å²) in [7, 11) is 0. The van der Waals surface area contributed by atoms with E-state index in [2.05, 4.69) is 141 Å². The summed E-state index contributed by atoms with van der Waals surface area (Å²) in [5.41, 5.74) is 12.7. The summed E-state index contributed by atoms with van der Waals surface area (Å²) in [5, 5.41) is 0. The van der Waals surface area contributed by atoms with Crippen molar-refractivity contribution in [2.45, 2.75) is 19.3 Å². The lowest BCUT2D eigenvalue weighted by atomic mass is 9.82. The summed E-state index contributed by atoms with van der Waals surface area (Å²) < 4.78 is 0.